The molecular weight excluding hydrogens is 561 g/mol. The van der Waals surface area contributed by atoms with Crippen molar-refractivity contribution in [1.29, 1.82) is 0 Å². The molecule has 0 unspecified atom stereocenters. The number of thiophene rings is 1. The van der Waals surface area contributed by atoms with Gasteiger partial charge in [-0.1, -0.05) is 12.8 Å². The highest BCUT2D eigenvalue weighted by Gasteiger charge is 2.58. The second kappa shape index (κ2) is 8.92. The summed E-state index contributed by atoms with van der Waals surface area (Å²) in [5, 5.41) is 3.49. The molecule has 4 aliphatic heterocycles. The van der Waals surface area contributed by atoms with Crippen molar-refractivity contribution in [3.05, 3.63) is 22.7 Å². The molecule has 4 saturated heterocycles. The fourth-order valence-electron chi connectivity index (χ4n) is 7.58. The van der Waals surface area contributed by atoms with Crippen molar-refractivity contribution in [2.24, 2.45) is 23.2 Å². The lowest BCUT2D eigenvalue weighted by atomic mass is 9.66. The van der Waals surface area contributed by atoms with Crippen LogP contribution in [-0.2, 0) is 17.4 Å². The van der Waals surface area contributed by atoms with Crippen LogP contribution in [0.2, 0.25) is 0 Å². The van der Waals surface area contributed by atoms with Gasteiger partial charge < -0.3 is 15.1 Å². The molecule has 0 aromatic carbocycles. The maximum Gasteiger partial charge on any atom is 0.419 e. The van der Waals surface area contributed by atoms with Crippen molar-refractivity contribution in [1.82, 2.24) is 15.2 Å². The topological polar surface area (TPSA) is 48.5 Å². The summed E-state index contributed by atoms with van der Waals surface area (Å²) in [7, 11) is 0. The van der Waals surface area contributed by atoms with Gasteiger partial charge in [0.15, 0.2) is 0 Å². The van der Waals surface area contributed by atoms with E-state index >= 15 is 4.39 Å². The van der Waals surface area contributed by atoms with Gasteiger partial charge in [0.25, 0.3) is 0 Å². The Morgan fingerprint density at radius 2 is 1.80 bits per heavy atom. The number of alkyl halides is 7. The molecular formula is C27H29F7N4OS. The van der Waals surface area contributed by atoms with Crippen LogP contribution in [-0.4, -0.2) is 66.4 Å². The van der Waals surface area contributed by atoms with E-state index in [2.05, 4.69) is 10.3 Å². The molecule has 8 rings (SSSR count). The molecule has 2 aromatic heterocycles. The van der Waals surface area contributed by atoms with Crippen LogP contribution in [0, 0.1) is 23.2 Å². The minimum atomic E-state index is -4.72. The normalized spacial score (nSPS) is 31.5. The summed E-state index contributed by atoms with van der Waals surface area (Å²) in [5.41, 5.74) is -1.50. The molecule has 2 bridgehead atoms. The van der Waals surface area contributed by atoms with Crippen LogP contribution in [0.15, 0.2) is 12.3 Å². The van der Waals surface area contributed by atoms with E-state index < -0.39 is 36.6 Å². The van der Waals surface area contributed by atoms with Crippen LogP contribution < -0.4 is 10.2 Å². The summed E-state index contributed by atoms with van der Waals surface area (Å²) < 4.78 is 95.9. The molecule has 6 fully saturated rings. The molecule has 0 radical (unpaired) electrons. The smallest absolute Gasteiger partial charge is 0.369 e. The average Bonchev–Trinajstić information content (AvgIpc) is 3.54. The van der Waals surface area contributed by atoms with Crippen LogP contribution in [0.25, 0.3) is 10.2 Å². The van der Waals surface area contributed by atoms with Crippen molar-refractivity contribution in [3.8, 4) is 0 Å². The lowest BCUT2D eigenvalue weighted by molar-refractivity contribution is -0.155. The monoisotopic (exact) mass is 590 g/mol. The number of amides is 1. The van der Waals surface area contributed by atoms with Crippen LogP contribution >= 0.6 is 11.3 Å². The Hall–Kier alpha value is -2.15. The third-order valence-electron chi connectivity index (χ3n) is 9.53. The van der Waals surface area contributed by atoms with Crippen molar-refractivity contribution >= 4 is 33.1 Å². The Labute approximate surface area is 230 Å². The van der Waals surface area contributed by atoms with Gasteiger partial charge in [-0.3, -0.25) is 4.79 Å². The number of carbonyl (C=O) groups is 1. The molecule has 2 saturated carbocycles. The largest absolute Gasteiger partial charge is 0.419 e. The number of anilines is 1. The van der Waals surface area contributed by atoms with Gasteiger partial charge in [0, 0.05) is 65.9 Å². The van der Waals surface area contributed by atoms with Gasteiger partial charge in [-0.15, -0.1) is 11.3 Å². The van der Waals surface area contributed by atoms with Crippen molar-refractivity contribution < 1.29 is 35.5 Å². The first-order valence-corrected chi connectivity index (χ1v) is 14.6. The molecule has 40 heavy (non-hydrogen) atoms. The number of piperidine rings is 2. The van der Waals surface area contributed by atoms with E-state index in [0.717, 1.165) is 37.0 Å². The first-order chi connectivity index (χ1) is 18.8. The van der Waals surface area contributed by atoms with E-state index in [1.807, 2.05) is 0 Å². The molecule has 1 amide bonds. The Morgan fingerprint density at radius 3 is 2.42 bits per heavy atom. The zero-order chi connectivity index (χ0) is 28.2. The van der Waals surface area contributed by atoms with Gasteiger partial charge >= 0.3 is 12.4 Å². The van der Waals surface area contributed by atoms with Crippen molar-refractivity contribution in [3.63, 3.8) is 0 Å². The summed E-state index contributed by atoms with van der Waals surface area (Å²) in [6.45, 7) is 1.25. The molecule has 2 aromatic rings. The fourth-order valence-corrected chi connectivity index (χ4v) is 8.61. The molecule has 6 aliphatic rings. The summed E-state index contributed by atoms with van der Waals surface area (Å²) in [6.07, 6.45) is -5.98. The maximum atomic E-state index is 15.4. The van der Waals surface area contributed by atoms with E-state index in [4.69, 9.17) is 0 Å². The van der Waals surface area contributed by atoms with E-state index in [0.29, 0.717) is 31.6 Å². The van der Waals surface area contributed by atoms with Gasteiger partial charge in [0.05, 0.1) is 23.7 Å². The number of nitrogens with one attached hydrogen (secondary N) is 1. The number of pyridine rings is 1. The second-order valence-corrected chi connectivity index (χ2v) is 13.7. The molecule has 1 N–H and O–H groups in total. The highest BCUT2D eigenvalue weighted by atomic mass is 32.1. The van der Waals surface area contributed by atoms with Gasteiger partial charge in [-0.25, -0.2) is 9.37 Å². The van der Waals surface area contributed by atoms with E-state index in [1.54, 1.807) is 9.80 Å². The number of hydrogen-bond acceptors (Lipinski definition) is 5. The first kappa shape index (κ1) is 26.7. The predicted molar refractivity (Wildman–Crippen MR) is 135 cm³/mol. The Balaban J connectivity index is 1.04. The summed E-state index contributed by atoms with van der Waals surface area (Å²) in [6, 6.07) is 0.610. The summed E-state index contributed by atoms with van der Waals surface area (Å²) in [4.78, 5) is 20.4. The number of halogens is 7. The van der Waals surface area contributed by atoms with Gasteiger partial charge in [0.2, 0.25) is 5.91 Å². The molecule has 1 spiro atoms. The Bertz CT molecular complexity index is 1320. The van der Waals surface area contributed by atoms with Crippen LogP contribution in [0.4, 0.5) is 36.4 Å². The number of hydrogen-bond donors (Lipinski definition) is 1. The van der Waals surface area contributed by atoms with Gasteiger partial charge in [0.1, 0.15) is 11.0 Å². The zero-order valence-electron chi connectivity index (χ0n) is 21.5. The van der Waals surface area contributed by atoms with E-state index in [-0.39, 0.29) is 63.1 Å². The number of rotatable bonds is 5. The number of fused-ring (bicyclic) bond motifs is 4. The number of aromatic nitrogens is 1. The quantitative estimate of drug-likeness (QED) is 0.463. The predicted octanol–water partition coefficient (Wildman–Crippen LogP) is 5.57. The second-order valence-electron chi connectivity index (χ2n) is 12.6. The minimum absolute atomic E-state index is 0.00622. The van der Waals surface area contributed by atoms with Crippen molar-refractivity contribution in [2.75, 3.05) is 31.1 Å². The lowest BCUT2D eigenvalue weighted by Crippen LogP contribution is -2.76. The zero-order valence-corrected chi connectivity index (χ0v) is 22.3. The number of likely N-dealkylation sites (tertiary alicyclic amines) is 1. The van der Waals surface area contributed by atoms with Crippen LogP contribution in [0.5, 0.6) is 0 Å². The lowest BCUT2D eigenvalue weighted by Gasteiger charge is -2.62. The van der Waals surface area contributed by atoms with Crippen LogP contribution in [0.3, 0.4) is 0 Å². The molecule has 5 nitrogen and oxygen atoms in total. The number of nitrogens with zero attached hydrogens (tertiary/aromatic N) is 3. The average molecular weight is 591 g/mol. The van der Waals surface area contributed by atoms with Crippen LogP contribution in [0.1, 0.15) is 42.5 Å². The third kappa shape index (κ3) is 4.55. The highest BCUT2D eigenvalue weighted by Crippen LogP contribution is 2.51. The number of carbonyl (C=O) groups excluding carboxylic acids is 1. The minimum Gasteiger partial charge on any atom is -0.369 e. The van der Waals surface area contributed by atoms with E-state index in [1.165, 1.54) is 6.07 Å². The molecule has 2 aliphatic carbocycles. The van der Waals surface area contributed by atoms with E-state index in [9.17, 15) is 31.1 Å². The van der Waals surface area contributed by atoms with Gasteiger partial charge in [-0.2, -0.15) is 26.3 Å². The standard InChI is InChI=1S/C27H29F7N4OS/c28-20-15-3-4-19(16(20)5-13-1-2-13)36-21(15)24(39)38-11-25(12-38)9-37(10-25)22-17-6-14(7-26(29,30)31)40-23(17)35-8-18(22)27(32,33)34/h6,8,13,15-16,19-21,36H,1-5,7,9-12H2/t15-,16-,19+,20+,21+/m1/s1. The SMILES string of the molecule is O=C([C@H]1N[C@H]2CC[C@@H]1[C@H](F)[C@@H]2CC1CC1)N1CC2(C1)CN(c1c(C(F)(F)F)cnc3sc(CC(F)(F)F)cc13)C2. The summed E-state index contributed by atoms with van der Waals surface area (Å²) in [5.74, 6) is 0.0926. The molecule has 5 atom stereocenters. The molecule has 6 heterocycles. The molecule has 218 valence electrons. The van der Waals surface area contributed by atoms with Crippen molar-refractivity contribution in [2.45, 2.75) is 69.1 Å². The maximum absolute atomic E-state index is 15.4. The first-order valence-electron chi connectivity index (χ1n) is 13.8. The fraction of sp³-hybridized carbons (Fsp3) is 0.704. The summed E-state index contributed by atoms with van der Waals surface area (Å²) >= 11 is 0.746. The Kier molecular flexibility index (Phi) is 5.96. The highest BCUT2D eigenvalue weighted by molar-refractivity contribution is 7.18. The Morgan fingerprint density at radius 1 is 1.07 bits per heavy atom. The molecule has 13 heteroatoms. The van der Waals surface area contributed by atoms with Gasteiger partial charge in [-0.05, 0) is 31.2 Å². The third-order valence-corrected chi connectivity index (χ3v) is 10.6.